The summed E-state index contributed by atoms with van der Waals surface area (Å²) in [7, 11) is 1.60. The van der Waals surface area contributed by atoms with Crippen molar-refractivity contribution in [1.29, 1.82) is 0 Å². The highest BCUT2D eigenvalue weighted by molar-refractivity contribution is 5.95. The molecule has 1 fully saturated rings. The normalized spacial score (nSPS) is 14.6. The highest BCUT2D eigenvalue weighted by atomic mass is 19.2. The number of rotatable bonds is 3. The number of aromatic carboxylic acids is 1. The summed E-state index contributed by atoms with van der Waals surface area (Å²) in [4.78, 5) is 15.4. The molecule has 1 saturated carbocycles. The molecule has 0 aliphatic heterocycles. The molecule has 5 nitrogen and oxygen atoms in total. The van der Waals surface area contributed by atoms with Gasteiger partial charge in [0.05, 0.1) is 5.56 Å². The number of carboxylic acids is 1. The van der Waals surface area contributed by atoms with Gasteiger partial charge in [0.15, 0.2) is 23.3 Å². The third-order valence-electron chi connectivity index (χ3n) is 3.25. The van der Waals surface area contributed by atoms with Crippen molar-refractivity contribution < 1.29 is 18.7 Å². The molecule has 3 rings (SSSR count). The van der Waals surface area contributed by atoms with Crippen LogP contribution in [0.2, 0.25) is 0 Å². The van der Waals surface area contributed by atoms with E-state index in [9.17, 15) is 13.6 Å². The molecule has 2 aromatic rings. The number of benzene rings is 1. The van der Waals surface area contributed by atoms with E-state index < -0.39 is 17.6 Å². The van der Waals surface area contributed by atoms with Crippen molar-refractivity contribution in [3.05, 3.63) is 35.2 Å². The summed E-state index contributed by atoms with van der Waals surface area (Å²) in [6.07, 6.45) is 1.99. The van der Waals surface area contributed by atoms with E-state index in [0.717, 1.165) is 18.9 Å². The number of aromatic nitrogens is 3. The molecule has 0 unspecified atom stereocenters. The number of aryl methyl sites for hydroxylation is 1. The number of carboxylic acid groups (broad SMARTS) is 1. The second kappa shape index (κ2) is 4.36. The molecule has 0 bridgehead atoms. The summed E-state index contributed by atoms with van der Waals surface area (Å²) in [6.45, 7) is 0. The number of carbonyl (C=O) groups is 1. The van der Waals surface area contributed by atoms with Gasteiger partial charge in [-0.25, -0.2) is 23.2 Å². The molecular weight excluding hydrogens is 268 g/mol. The van der Waals surface area contributed by atoms with E-state index >= 15 is 0 Å². The monoisotopic (exact) mass is 279 g/mol. The predicted molar refractivity (Wildman–Crippen MR) is 65.3 cm³/mol. The lowest BCUT2D eigenvalue weighted by Gasteiger charge is -2.06. The van der Waals surface area contributed by atoms with Crippen LogP contribution in [0.3, 0.4) is 0 Å². The van der Waals surface area contributed by atoms with Gasteiger partial charge >= 0.3 is 5.97 Å². The van der Waals surface area contributed by atoms with Crippen LogP contribution in [0.5, 0.6) is 0 Å². The van der Waals surface area contributed by atoms with Crippen molar-refractivity contribution >= 4 is 5.97 Å². The van der Waals surface area contributed by atoms with E-state index in [1.54, 1.807) is 7.05 Å². The number of hydrogen-bond acceptors (Lipinski definition) is 3. The Labute approximate surface area is 112 Å². The van der Waals surface area contributed by atoms with Crippen molar-refractivity contribution in [3.8, 4) is 11.4 Å². The maximum Gasteiger partial charge on any atom is 0.336 e. The molecule has 1 N–H and O–H groups in total. The van der Waals surface area contributed by atoms with Crippen molar-refractivity contribution in [3.63, 3.8) is 0 Å². The standard InChI is InChI=1S/C13H11F2N3O2/c1-18-12(16-11(17-18)6-2-3-6)7-4-9(14)10(15)5-8(7)13(19)20/h4-6H,2-3H2,1H3,(H,19,20). The van der Waals surface area contributed by atoms with Crippen LogP contribution in [0.4, 0.5) is 8.78 Å². The van der Waals surface area contributed by atoms with Crippen LogP contribution in [0, 0.1) is 11.6 Å². The number of nitrogens with zero attached hydrogens (tertiary/aromatic N) is 3. The Morgan fingerprint density at radius 3 is 2.60 bits per heavy atom. The molecule has 7 heteroatoms. The van der Waals surface area contributed by atoms with Crippen LogP contribution in [0.25, 0.3) is 11.4 Å². The van der Waals surface area contributed by atoms with Crippen LogP contribution >= 0.6 is 0 Å². The van der Waals surface area contributed by atoms with E-state index in [1.165, 1.54) is 4.68 Å². The average molecular weight is 279 g/mol. The second-order valence-electron chi connectivity index (χ2n) is 4.81. The lowest BCUT2D eigenvalue weighted by Crippen LogP contribution is -2.05. The maximum absolute atomic E-state index is 13.4. The fourth-order valence-corrected chi connectivity index (χ4v) is 2.06. The molecule has 104 valence electrons. The van der Waals surface area contributed by atoms with Crippen molar-refractivity contribution in [2.45, 2.75) is 18.8 Å². The smallest absolute Gasteiger partial charge is 0.336 e. The van der Waals surface area contributed by atoms with Gasteiger partial charge in [-0.15, -0.1) is 0 Å². The first-order valence-electron chi connectivity index (χ1n) is 6.11. The Morgan fingerprint density at radius 1 is 1.35 bits per heavy atom. The first-order valence-corrected chi connectivity index (χ1v) is 6.11. The largest absolute Gasteiger partial charge is 0.478 e. The zero-order valence-electron chi connectivity index (χ0n) is 10.6. The fraction of sp³-hybridized carbons (Fsp3) is 0.308. The number of halogens is 2. The Morgan fingerprint density at radius 2 is 2.00 bits per heavy atom. The second-order valence-corrected chi connectivity index (χ2v) is 4.81. The van der Waals surface area contributed by atoms with Gasteiger partial charge in [0.1, 0.15) is 0 Å². The minimum absolute atomic E-state index is 0.0262. The lowest BCUT2D eigenvalue weighted by atomic mass is 10.1. The van der Waals surface area contributed by atoms with Crippen molar-refractivity contribution in [1.82, 2.24) is 14.8 Å². The molecule has 20 heavy (non-hydrogen) atoms. The van der Waals surface area contributed by atoms with E-state index in [0.29, 0.717) is 11.9 Å². The predicted octanol–water partition coefficient (Wildman–Crippen LogP) is 2.34. The topological polar surface area (TPSA) is 68.0 Å². The van der Waals surface area contributed by atoms with E-state index in [4.69, 9.17) is 5.11 Å². The Hall–Kier alpha value is -2.31. The van der Waals surface area contributed by atoms with Crippen molar-refractivity contribution in [2.75, 3.05) is 0 Å². The molecule has 1 aliphatic rings. The molecule has 1 aromatic heterocycles. The minimum atomic E-state index is -1.34. The fourth-order valence-electron chi connectivity index (χ4n) is 2.06. The van der Waals surface area contributed by atoms with E-state index in [-0.39, 0.29) is 22.9 Å². The molecular formula is C13H11F2N3O2. The molecule has 1 aromatic carbocycles. The quantitative estimate of drug-likeness (QED) is 0.936. The molecule has 0 spiro atoms. The molecule has 1 heterocycles. The van der Waals surface area contributed by atoms with E-state index in [2.05, 4.69) is 10.1 Å². The SMILES string of the molecule is Cn1nc(C2CC2)nc1-c1cc(F)c(F)cc1C(=O)O. The van der Waals surface area contributed by atoms with Gasteiger partial charge in [0.2, 0.25) is 0 Å². The van der Waals surface area contributed by atoms with Gasteiger partial charge in [-0.3, -0.25) is 0 Å². The molecule has 1 aliphatic carbocycles. The first kappa shape index (κ1) is 12.7. The molecule has 0 radical (unpaired) electrons. The summed E-state index contributed by atoms with van der Waals surface area (Å²) < 4.78 is 28.0. The Balaban J connectivity index is 2.17. The summed E-state index contributed by atoms with van der Waals surface area (Å²) in [5.41, 5.74) is -0.306. The maximum atomic E-state index is 13.4. The summed E-state index contributed by atoms with van der Waals surface area (Å²) in [5, 5.41) is 13.3. The molecule has 0 amide bonds. The van der Waals surface area contributed by atoms with Crippen LogP contribution in [-0.2, 0) is 7.05 Å². The Kier molecular flexibility index (Phi) is 2.77. The van der Waals surface area contributed by atoms with Crippen LogP contribution < -0.4 is 0 Å². The van der Waals surface area contributed by atoms with Gasteiger partial charge in [-0.1, -0.05) is 0 Å². The van der Waals surface area contributed by atoms with Gasteiger partial charge in [0, 0.05) is 18.5 Å². The third kappa shape index (κ3) is 2.04. The minimum Gasteiger partial charge on any atom is -0.478 e. The average Bonchev–Trinajstić information content (AvgIpc) is 3.16. The van der Waals surface area contributed by atoms with E-state index in [1.807, 2.05) is 0 Å². The van der Waals surface area contributed by atoms with Gasteiger partial charge in [-0.05, 0) is 25.0 Å². The summed E-state index contributed by atoms with van der Waals surface area (Å²) in [5.74, 6) is -2.52. The van der Waals surface area contributed by atoms with Crippen LogP contribution in [0.15, 0.2) is 12.1 Å². The first-order chi connectivity index (χ1) is 9.47. The highest BCUT2D eigenvalue weighted by Crippen LogP contribution is 2.39. The molecule has 0 saturated heterocycles. The van der Waals surface area contributed by atoms with Gasteiger partial charge in [0.25, 0.3) is 0 Å². The van der Waals surface area contributed by atoms with Crippen molar-refractivity contribution in [2.24, 2.45) is 7.05 Å². The zero-order chi connectivity index (χ0) is 14.4. The highest BCUT2D eigenvalue weighted by Gasteiger charge is 2.29. The molecule has 0 atom stereocenters. The van der Waals surface area contributed by atoms with Gasteiger partial charge < -0.3 is 5.11 Å². The summed E-state index contributed by atoms with van der Waals surface area (Å²) >= 11 is 0. The summed E-state index contributed by atoms with van der Waals surface area (Å²) in [6, 6.07) is 1.51. The number of hydrogen-bond donors (Lipinski definition) is 1. The van der Waals surface area contributed by atoms with Gasteiger partial charge in [-0.2, -0.15) is 5.10 Å². The Bertz CT molecular complexity index is 708. The lowest BCUT2D eigenvalue weighted by molar-refractivity contribution is 0.0697. The van der Waals surface area contributed by atoms with Crippen LogP contribution in [0.1, 0.15) is 34.9 Å². The third-order valence-corrected chi connectivity index (χ3v) is 3.25. The zero-order valence-corrected chi connectivity index (χ0v) is 10.6. The van der Waals surface area contributed by atoms with Crippen LogP contribution in [-0.4, -0.2) is 25.8 Å².